The van der Waals surface area contributed by atoms with Crippen molar-refractivity contribution in [3.05, 3.63) is 0 Å². The highest BCUT2D eigenvalue weighted by molar-refractivity contribution is 4.75. The number of rotatable bonds is 3. The van der Waals surface area contributed by atoms with Crippen LogP contribution in [0, 0.1) is 11.8 Å². The standard InChI is InChI=1S/C10H21N.CHN/c1-3-7-10-8-5-6-9-11(10)4-2;1-2/h10H,3-9H2,1-2H3;1H. The number of piperidine rings is 1. The Morgan fingerprint density at radius 2 is 2.00 bits per heavy atom. The van der Waals surface area contributed by atoms with Crippen LogP contribution in [0.2, 0.25) is 0 Å². The monoisotopic (exact) mass is 182 g/mol. The minimum Gasteiger partial charge on any atom is -0.301 e. The molecule has 0 radical (unpaired) electrons. The van der Waals surface area contributed by atoms with Crippen LogP contribution in [0.4, 0.5) is 0 Å². The maximum atomic E-state index is 6.50. The van der Waals surface area contributed by atoms with E-state index < -0.39 is 0 Å². The van der Waals surface area contributed by atoms with E-state index >= 15 is 0 Å². The van der Waals surface area contributed by atoms with Gasteiger partial charge in [0, 0.05) is 12.6 Å². The third-order valence-electron chi connectivity index (χ3n) is 2.78. The molecule has 0 aromatic carbocycles. The molecule has 1 fully saturated rings. The fraction of sp³-hybridized carbons (Fsp3) is 0.909. The van der Waals surface area contributed by atoms with Gasteiger partial charge in [-0.25, -0.2) is 5.26 Å². The maximum absolute atomic E-state index is 6.50. The van der Waals surface area contributed by atoms with Crippen LogP contribution in [-0.2, 0) is 0 Å². The fourth-order valence-electron chi connectivity index (χ4n) is 2.14. The molecule has 0 saturated carbocycles. The van der Waals surface area contributed by atoms with E-state index in [-0.39, 0.29) is 0 Å². The first-order chi connectivity index (χ1) is 6.38. The molecule has 0 aromatic rings. The van der Waals surface area contributed by atoms with Crippen molar-refractivity contribution in [2.75, 3.05) is 13.1 Å². The Bertz CT molecular complexity index is 129. The maximum Gasteiger partial charge on any atom is 0.0462 e. The highest BCUT2D eigenvalue weighted by atomic mass is 15.2. The van der Waals surface area contributed by atoms with Crippen molar-refractivity contribution in [2.45, 2.75) is 52.0 Å². The molecule has 1 saturated heterocycles. The largest absolute Gasteiger partial charge is 0.301 e. The molecule has 0 amide bonds. The van der Waals surface area contributed by atoms with Crippen LogP contribution in [0.15, 0.2) is 0 Å². The van der Waals surface area contributed by atoms with Gasteiger partial charge in [-0.1, -0.05) is 26.7 Å². The van der Waals surface area contributed by atoms with Crippen LogP contribution in [0.5, 0.6) is 0 Å². The molecule has 1 unspecified atom stereocenters. The summed E-state index contributed by atoms with van der Waals surface area (Å²) < 4.78 is 0. The lowest BCUT2D eigenvalue weighted by Gasteiger charge is -2.34. The second kappa shape index (κ2) is 8.07. The fourth-order valence-corrected chi connectivity index (χ4v) is 2.14. The van der Waals surface area contributed by atoms with E-state index in [1.807, 2.05) is 0 Å². The van der Waals surface area contributed by atoms with Crippen LogP contribution in [-0.4, -0.2) is 24.0 Å². The molecule has 1 heterocycles. The summed E-state index contributed by atoms with van der Waals surface area (Å²) in [6.07, 6.45) is 7.09. The van der Waals surface area contributed by atoms with E-state index in [9.17, 15) is 0 Å². The molecule has 1 aliphatic heterocycles. The van der Waals surface area contributed by atoms with E-state index in [2.05, 4.69) is 25.3 Å². The summed E-state index contributed by atoms with van der Waals surface area (Å²) in [5, 5.41) is 6.50. The van der Waals surface area contributed by atoms with Crippen molar-refractivity contribution >= 4 is 0 Å². The normalized spacial score (nSPS) is 23.2. The lowest BCUT2D eigenvalue weighted by atomic mass is 9.98. The number of hydrogen-bond acceptors (Lipinski definition) is 2. The van der Waals surface area contributed by atoms with Gasteiger partial charge >= 0.3 is 0 Å². The Balaban J connectivity index is 0.000000671. The molecule has 2 nitrogen and oxygen atoms in total. The third-order valence-corrected chi connectivity index (χ3v) is 2.78. The second-order valence-electron chi connectivity index (χ2n) is 3.57. The van der Waals surface area contributed by atoms with E-state index in [1.54, 1.807) is 0 Å². The average molecular weight is 182 g/mol. The van der Waals surface area contributed by atoms with Gasteiger partial charge in [-0.2, -0.15) is 0 Å². The Kier molecular flexibility index (Phi) is 7.73. The molecule has 2 heteroatoms. The van der Waals surface area contributed by atoms with Crippen LogP contribution in [0.25, 0.3) is 0 Å². The van der Waals surface area contributed by atoms with Crippen LogP contribution in [0.3, 0.4) is 0 Å². The van der Waals surface area contributed by atoms with Crippen molar-refractivity contribution in [1.82, 2.24) is 4.90 Å². The number of nitriles is 1. The molecule has 0 spiro atoms. The molecule has 76 valence electrons. The summed E-state index contributed by atoms with van der Waals surface area (Å²) in [6.45, 7) is 10.7. The van der Waals surface area contributed by atoms with E-state index in [0.29, 0.717) is 0 Å². The first-order valence-electron chi connectivity index (χ1n) is 5.38. The number of nitrogens with zero attached hydrogens (tertiary/aromatic N) is 2. The second-order valence-corrected chi connectivity index (χ2v) is 3.57. The topological polar surface area (TPSA) is 27.0 Å². The SMILES string of the molecule is C#N.CCCC1CCCCN1CC. The number of hydrogen-bond donors (Lipinski definition) is 0. The first kappa shape index (κ1) is 12.4. The minimum atomic E-state index is 0.916. The molecule has 1 atom stereocenters. The molecule has 0 N–H and O–H groups in total. The first-order valence-corrected chi connectivity index (χ1v) is 5.38. The Hall–Kier alpha value is -0.550. The molecule has 1 rings (SSSR count). The van der Waals surface area contributed by atoms with Crippen molar-refractivity contribution in [3.63, 3.8) is 0 Å². The zero-order chi connectivity index (χ0) is 10.1. The third kappa shape index (κ3) is 4.28. The van der Waals surface area contributed by atoms with Crippen LogP contribution in [0.1, 0.15) is 46.0 Å². The van der Waals surface area contributed by atoms with Gasteiger partial charge in [0.05, 0.1) is 0 Å². The zero-order valence-corrected chi connectivity index (χ0v) is 9.00. The van der Waals surface area contributed by atoms with Crippen molar-refractivity contribution in [3.8, 4) is 6.57 Å². The summed E-state index contributed by atoms with van der Waals surface area (Å²) in [4.78, 5) is 2.65. The van der Waals surface area contributed by atoms with Crippen LogP contribution >= 0.6 is 0 Å². The summed E-state index contributed by atoms with van der Waals surface area (Å²) in [7, 11) is 0. The molecule has 0 bridgehead atoms. The summed E-state index contributed by atoms with van der Waals surface area (Å²) in [5.41, 5.74) is 0. The van der Waals surface area contributed by atoms with Gasteiger partial charge in [0.1, 0.15) is 0 Å². The highest BCUT2D eigenvalue weighted by Gasteiger charge is 2.19. The van der Waals surface area contributed by atoms with Gasteiger partial charge in [0.15, 0.2) is 0 Å². The van der Waals surface area contributed by atoms with E-state index in [0.717, 1.165) is 6.04 Å². The smallest absolute Gasteiger partial charge is 0.0462 e. The molecular weight excluding hydrogens is 160 g/mol. The van der Waals surface area contributed by atoms with Gasteiger partial charge in [-0.3, -0.25) is 0 Å². The zero-order valence-electron chi connectivity index (χ0n) is 9.00. The molecule has 0 aromatic heterocycles. The minimum absolute atomic E-state index is 0.916. The Morgan fingerprint density at radius 1 is 1.31 bits per heavy atom. The van der Waals surface area contributed by atoms with Gasteiger partial charge < -0.3 is 4.90 Å². The van der Waals surface area contributed by atoms with Crippen molar-refractivity contribution in [2.24, 2.45) is 0 Å². The van der Waals surface area contributed by atoms with E-state index in [4.69, 9.17) is 5.26 Å². The lowest BCUT2D eigenvalue weighted by molar-refractivity contribution is 0.147. The van der Waals surface area contributed by atoms with Crippen LogP contribution < -0.4 is 0 Å². The molecule has 13 heavy (non-hydrogen) atoms. The van der Waals surface area contributed by atoms with Gasteiger partial charge in [-0.15, -0.1) is 0 Å². The predicted molar refractivity (Wildman–Crippen MR) is 56.5 cm³/mol. The lowest BCUT2D eigenvalue weighted by Crippen LogP contribution is -2.38. The average Bonchev–Trinajstić information content (AvgIpc) is 2.22. The Labute approximate surface area is 82.5 Å². The van der Waals surface area contributed by atoms with Crippen molar-refractivity contribution in [1.29, 1.82) is 5.26 Å². The number of likely N-dealkylation sites (tertiary alicyclic amines) is 1. The molecule has 0 aliphatic carbocycles. The molecule has 1 aliphatic rings. The quantitative estimate of drug-likeness (QED) is 0.671. The van der Waals surface area contributed by atoms with Gasteiger partial charge in [-0.05, 0) is 32.4 Å². The highest BCUT2D eigenvalue weighted by Crippen LogP contribution is 2.19. The predicted octanol–water partition coefficient (Wildman–Crippen LogP) is 2.80. The summed E-state index contributed by atoms with van der Waals surface area (Å²) in [5.74, 6) is 0. The Morgan fingerprint density at radius 3 is 2.54 bits per heavy atom. The van der Waals surface area contributed by atoms with Gasteiger partial charge in [0.25, 0.3) is 0 Å². The summed E-state index contributed by atoms with van der Waals surface area (Å²) >= 11 is 0. The van der Waals surface area contributed by atoms with E-state index in [1.165, 1.54) is 45.2 Å². The van der Waals surface area contributed by atoms with Crippen molar-refractivity contribution < 1.29 is 0 Å². The van der Waals surface area contributed by atoms with Gasteiger partial charge in [0.2, 0.25) is 0 Å². The molecular formula is C11H22N2. The summed E-state index contributed by atoms with van der Waals surface area (Å²) in [6, 6.07) is 0.916.